The van der Waals surface area contributed by atoms with Crippen LogP contribution in [-0.2, 0) is 25.6 Å². The molecule has 0 aliphatic heterocycles. The van der Waals surface area contributed by atoms with E-state index in [1.165, 1.54) is 0 Å². The van der Waals surface area contributed by atoms with E-state index in [0.717, 1.165) is 20.8 Å². The van der Waals surface area contributed by atoms with E-state index in [1.807, 2.05) is 0 Å². The van der Waals surface area contributed by atoms with Crippen molar-refractivity contribution < 1.29 is 25.6 Å². The molecule has 0 amide bonds. The second-order valence-electron chi connectivity index (χ2n) is 1.97. The van der Waals surface area contributed by atoms with Crippen molar-refractivity contribution in [2.45, 2.75) is 20.8 Å². The van der Waals surface area contributed by atoms with Crippen LogP contribution in [0.3, 0.4) is 0 Å². The molecule has 0 heterocycles. The van der Waals surface area contributed by atoms with Crippen LogP contribution in [0.5, 0.6) is 0 Å². The summed E-state index contributed by atoms with van der Waals surface area (Å²) in [6.07, 6.45) is 0. The van der Waals surface area contributed by atoms with E-state index in [4.69, 9.17) is 0 Å². The first-order valence-electron chi connectivity index (χ1n) is 3.27. The van der Waals surface area contributed by atoms with Gasteiger partial charge < -0.3 is 0 Å². The van der Waals surface area contributed by atoms with E-state index in [2.05, 4.69) is 11.2 Å². The first-order chi connectivity index (χ1) is 5.91. The summed E-state index contributed by atoms with van der Waals surface area (Å²) < 4.78 is 13.5. The van der Waals surface area contributed by atoms with E-state index in [-0.39, 0.29) is 0 Å². The molecule has 0 unspecified atom stereocenters. The van der Waals surface area contributed by atoms with Gasteiger partial charge in [0.15, 0.2) is 0 Å². The second-order valence-corrected chi connectivity index (χ2v) is 4.06. The molecule has 0 aliphatic rings. The van der Waals surface area contributed by atoms with Gasteiger partial charge in [-0.1, -0.05) is 0 Å². The van der Waals surface area contributed by atoms with Crippen LogP contribution in [0.1, 0.15) is 20.8 Å². The molecule has 13 heavy (non-hydrogen) atoms. The van der Waals surface area contributed by atoms with E-state index in [1.54, 1.807) is 0 Å². The van der Waals surface area contributed by atoms with Crippen molar-refractivity contribution in [2.24, 2.45) is 0 Å². The number of hydrogen-bond acceptors (Lipinski definition) is 6. The number of hydrogen-bond donors (Lipinski definition) is 0. The number of carbonyl (C=O) groups excluding carboxylic acids is 3. The SMILES string of the molecule is CC(=O)O[As](OC(C)=O)OC(C)=O. The molecule has 0 aliphatic carbocycles. The fraction of sp³-hybridized carbons (Fsp3) is 0.500. The molecule has 0 rings (SSSR count). The quantitative estimate of drug-likeness (QED) is 0.639. The van der Waals surface area contributed by atoms with Crippen molar-refractivity contribution in [3.8, 4) is 0 Å². The summed E-state index contributed by atoms with van der Waals surface area (Å²) in [5.74, 6) is -1.95. The van der Waals surface area contributed by atoms with Crippen molar-refractivity contribution in [1.82, 2.24) is 0 Å². The van der Waals surface area contributed by atoms with Gasteiger partial charge in [-0.05, 0) is 0 Å². The van der Waals surface area contributed by atoms with Crippen molar-refractivity contribution in [2.75, 3.05) is 0 Å². The summed E-state index contributed by atoms with van der Waals surface area (Å²) in [7, 11) is 0. The Labute approximate surface area is 80.5 Å². The molecular weight excluding hydrogens is 243 g/mol. The van der Waals surface area contributed by atoms with Crippen LogP contribution in [0.4, 0.5) is 0 Å². The van der Waals surface area contributed by atoms with E-state index >= 15 is 0 Å². The van der Waals surface area contributed by atoms with E-state index in [0.29, 0.717) is 0 Å². The fourth-order valence-electron chi connectivity index (χ4n) is 0.371. The summed E-state index contributed by atoms with van der Waals surface area (Å²) in [5.41, 5.74) is 0. The molecule has 0 spiro atoms. The topological polar surface area (TPSA) is 78.9 Å². The van der Waals surface area contributed by atoms with Gasteiger partial charge >= 0.3 is 79.9 Å². The Morgan fingerprint density at radius 2 is 1.00 bits per heavy atom. The normalized spacial score (nSPS) is 9.23. The van der Waals surface area contributed by atoms with Crippen LogP contribution < -0.4 is 0 Å². The zero-order valence-electron chi connectivity index (χ0n) is 7.40. The molecule has 0 radical (unpaired) electrons. The van der Waals surface area contributed by atoms with Crippen LogP contribution in [0.15, 0.2) is 0 Å². The van der Waals surface area contributed by atoms with Gasteiger partial charge in [0, 0.05) is 0 Å². The van der Waals surface area contributed by atoms with Crippen LogP contribution >= 0.6 is 0 Å². The van der Waals surface area contributed by atoms with Crippen molar-refractivity contribution >= 4 is 33.6 Å². The maximum atomic E-state index is 10.4. The van der Waals surface area contributed by atoms with Crippen molar-refractivity contribution in [3.05, 3.63) is 0 Å². The van der Waals surface area contributed by atoms with Gasteiger partial charge in [-0.2, -0.15) is 0 Å². The molecule has 0 saturated heterocycles. The van der Waals surface area contributed by atoms with Gasteiger partial charge in [-0.3, -0.25) is 0 Å². The Morgan fingerprint density at radius 1 is 0.769 bits per heavy atom. The third-order valence-electron chi connectivity index (χ3n) is 0.609. The minimum absolute atomic E-state index is 0.650. The monoisotopic (exact) mass is 252 g/mol. The minimum atomic E-state index is -3.02. The molecule has 0 saturated carbocycles. The van der Waals surface area contributed by atoms with Gasteiger partial charge in [0.25, 0.3) is 0 Å². The second kappa shape index (κ2) is 5.59. The summed E-state index contributed by atoms with van der Waals surface area (Å²) >= 11 is -3.02. The van der Waals surface area contributed by atoms with Crippen LogP contribution in [-0.4, -0.2) is 33.6 Å². The third-order valence-corrected chi connectivity index (χ3v) is 3.17. The molecule has 0 aromatic carbocycles. The zero-order valence-corrected chi connectivity index (χ0v) is 9.27. The summed E-state index contributed by atoms with van der Waals surface area (Å²) in [5, 5.41) is 0. The van der Waals surface area contributed by atoms with Gasteiger partial charge in [-0.15, -0.1) is 0 Å². The van der Waals surface area contributed by atoms with Crippen molar-refractivity contribution in [3.63, 3.8) is 0 Å². The van der Waals surface area contributed by atoms with E-state index < -0.39 is 33.6 Å². The van der Waals surface area contributed by atoms with Gasteiger partial charge in [0.1, 0.15) is 0 Å². The van der Waals surface area contributed by atoms with Gasteiger partial charge in [0.2, 0.25) is 0 Å². The average molecular weight is 252 g/mol. The predicted molar refractivity (Wildman–Crippen MR) is 41.1 cm³/mol. The van der Waals surface area contributed by atoms with Crippen LogP contribution in [0.25, 0.3) is 0 Å². The summed E-state index contributed by atoms with van der Waals surface area (Å²) in [4.78, 5) is 31.3. The van der Waals surface area contributed by atoms with Crippen molar-refractivity contribution in [1.29, 1.82) is 0 Å². The number of rotatable bonds is 3. The zero-order chi connectivity index (χ0) is 10.4. The molecule has 6 nitrogen and oxygen atoms in total. The third kappa shape index (κ3) is 7.33. The average Bonchev–Trinajstić information content (AvgIpc) is 1.80. The molecule has 0 fully saturated rings. The molecule has 0 N–H and O–H groups in total. The Balaban J connectivity index is 4.10. The first kappa shape index (κ1) is 12.0. The number of carbonyl (C=O) groups is 3. The molecule has 0 aromatic heterocycles. The Bertz CT molecular complexity index is 187. The molecule has 0 bridgehead atoms. The molecule has 7 heteroatoms. The summed E-state index contributed by atoms with van der Waals surface area (Å²) in [6, 6.07) is 0. The Kier molecular flexibility index (Phi) is 5.14. The maximum absolute atomic E-state index is 10.4. The Morgan fingerprint density at radius 3 is 1.15 bits per heavy atom. The van der Waals surface area contributed by atoms with E-state index in [9.17, 15) is 14.4 Å². The van der Waals surface area contributed by atoms with Crippen LogP contribution in [0.2, 0.25) is 0 Å². The first-order valence-corrected chi connectivity index (χ1v) is 5.57. The summed E-state index contributed by atoms with van der Waals surface area (Å²) in [6.45, 7) is 3.40. The predicted octanol–water partition coefficient (Wildman–Crippen LogP) is -0.339. The van der Waals surface area contributed by atoms with Gasteiger partial charge in [-0.25, -0.2) is 0 Å². The van der Waals surface area contributed by atoms with Crippen LogP contribution in [0, 0.1) is 0 Å². The standard InChI is InChI=1S/C6H9AsO6/c1-4(8)11-7(12-5(2)9)13-6(3)10/h1-3H3. The Hall–Kier alpha value is -1.03. The fourth-order valence-corrected chi connectivity index (χ4v) is 1.93. The molecule has 0 aromatic rings. The molecule has 74 valence electrons. The van der Waals surface area contributed by atoms with Gasteiger partial charge in [0.05, 0.1) is 0 Å². The molecule has 0 atom stereocenters. The molecular formula is C6H9AsO6.